The molecule has 0 aromatic heterocycles. The molecular weight excluding hydrogens is 484 g/mol. The van der Waals surface area contributed by atoms with Gasteiger partial charge in [0.1, 0.15) is 11.5 Å². The van der Waals surface area contributed by atoms with Crippen LogP contribution < -0.4 is 15.0 Å². The van der Waals surface area contributed by atoms with Crippen molar-refractivity contribution in [3.8, 4) is 11.5 Å². The van der Waals surface area contributed by atoms with Crippen LogP contribution in [0.2, 0.25) is 0 Å². The minimum Gasteiger partial charge on any atom is -0.457 e. The summed E-state index contributed by atoms with van der Waals surface area (Å²) < 4.78 is 10.9. The Morgan fingerprint density at radius 3 is 2.16 bits per heavy atom. The number of para-hydroxylation sites is 1. The number of hydrogen-bond donors (Lipinski definition) is 1. The Morgan fingerprint density at radius 1 is 0.816 bits per heavy atom. The molecule has 8 heteroatoms. The van der Waals surface area contributed by atoms with Crippen molar-refractivity contribution < 1.29 is 28.7 Å². The second-order valence-electron chi connectivity index (χ2n) is 9.63. The number of rotatable bonds is 7. The van der Waals surface area contributed by atoms with E-state index in [2.05, 4.69) is 5.32 Å². The van der Waals surface area contributed by atoms with Gasteiger partial charge in [0.2, 0.25) is 11.8 Å². The number of nitrogens with zero attached hydrogens (tertiary/aromatic N) is 1. The number of nitrogens with one attached hydrogen (secondary N) is 1. The minimum atomic E-state index is -0.727. The summed E-state index contributed by atoms with van der Waals surface area (Å²) in [6.07, 6.45) is 4.92. The summed E-state index contributed by atoms with van der Waals surface area (Å²) in [5, 5.41) is 2.67. The third-order valence-corrected chi connectivity index (χ3v) is 7.26. The van der Waals surface area contributed by atoms with Crippen molar-refractivity contribution in [2.75, 3.05) is 16.8 Å². The number of amides is 3. The first-order valence-electron chi connectivity index (χ1n) is 12.4. The summed E-state index contributed by atoms with van der Waals surface area (Å²) in [7, 11) is 0. The van der Waals surface area contributed by atoms with Crippen LogP contribution in [0.25, 0.3) is 0 Å². The quantitative estimate of drug-likeness (QED) is 0.285. The molecule has 2 bridgehead atoms. The van der Waals surface area contributed by atoms with Gasteiger partial charge in [-0.1, -0.05) is 36.4 Å². The van der Waals surface area contributed by atoms with Crippen LogP contribution in [0, 0.1) is 23.7 Å². The van der Waals surface area contributed by atoms with E-state index in [1.807, 2.05) is 42.5 Å². The van der Waals surface area contributed by atoms with Gasteiger partial charge in [0, 0.05) is 5.69 Å². The zero-order chi connectivity index (χ0) is 26.2. The van der Waals surface area contributed by atoms with Gasteiger partial charge in [0.05, 0.1) is 23.1 Å². The average Bonchev–Trinajstić information content (AvgIpc) is 3.62. The number of fused-ring (bicyclic) bond motifs is 5. The molecule has 2 fully saturated rings. The van der Waals surface area contributed by atoms with E-state index in [0.717, 1.165) is 6.42 Å². The van der Waals surface area contributed by atoms with Crippen molar-refractivity contribution in [2.24, 2.45) is 23.7 Å². The molecule has 6 rings (SSSR count). The lowest BCUT2D eigenvalue weighted by molar-refractivity contribution is -0.123. The Morgan fingerprint density at radius 2 is 1.47 bits per heavy atom. The van der Waals surface area contributed by atoms with Crippen LogP contribution in [0.5, 0.6) is 11.5 Å². The van der Waals surface area contributed by atoms with E-state index < -0.39 is 18.5 Å². The van der Waals surface area contributed by atoms with Crippen LogP contribution in [-0.2, 0) is 19.1 Å². The SMILES string of the molecule is O=C(COC(=O)c1cccc(N2C(=O)[C@H]3[C@H](C2=O)[C@H]2C=C[C@H]3C2)c1)Nc1ccc(Oc2ccccc2)cc1. The number of benzene rings is 3. The van der Waals surface area contributed by atoms with Crippen LogP contribution in [0.15, 0.2) is 91.0 Å². The summed E-state index contributed by atoms with van der Waals surface area (Å²) >= 11 is 0. The molecule has 38 heavy (non-hydrogen) atoms. The van der Waals surface area contributed by atoms with Crippen LogP contribution in [0.1, 0.15) is 16.8 Å². The van der Waals surface area contributed by atoms with Crippen molar-refractivity contribution >= 4 is 35.1 Å². The lowest BCUT2D eigenvalue weighted by atomic mass is 9.85. The highest BCUT2D eigenvalue weighted by Crippen LogP contribution is 2.53. The molecule has 1 saturated heterocycles. The zero-order valence-electron chi connectivity index (χ0n) is 20.3. The third-order valence-electron chi connectivity index (χ3n) is 7.26. The van der Waals surface area contributed by atoms with E-state index in [1.54, 1.807) is 36.4 Å². The summed E-state index contributed by atoms with van der Waals surface area (Å²) in [6.45, 7) is -0.494. The first kappa shape index (κ1) is 23.7. The Labute approximate surface area is 218 Å². The van der Waals surface area contributed by atoms with Crippen molar-refractivity contribution in [3.05, 3.63) is 96.6 Å². The Bertz CT molecular complexity index is 1420. The number of ether oxygens (including phenoxy) is 2. The highest BCUT2D eigenvalue weighted by molar-refractivity contribution is 6.23. The highest BCUT2D eigenvalue weighted by atomic mass is 16.5. The molecule has 1 heterocycles. The molecule has 8 nitrogen and oxygen atoms in total. The summed E-state index contributed by atoms with van der Waals surface area (Å²) in [6, 6.07) is 22.3. The van der Waals surface area contributed by atoms with Gasteiger partial charge in [-0.3, -0.25) is 14.4 Å². The first-order chi connectivity index (χ1) is 18.5. The van der Waals surface area contributed by atoms with E-state index in [0.29, 0.717) is 22.9 Å². The Kier molecular flexibility index (Phi) is 5.99. The lowest BCUT2D eigenvalue weighted by Gasteiger charge is -2.18. The average molecular weight is 509 g/mol. The summed E-state index contributed by atoms with van der Waals surface area (Å²) in [5.41, 5.74) is 1.01. The van der Waals surface area contributed by atoms with E-state index >= 15 is 0 Å². The van der Waals surface area contributed by atoms with E-state index in [-0.39, 0.29) is 41.0 Å². The Balaban J connectivity index is 1.05. The van der Waals surface area contributed by atoms with Gasteiger partial charge in [-0.2, -0.15) is 0 Å². The second-order valence-corrected chi connectivity index (χ2v) is 9.63. The smallest absolute Gasteiger partial charge is 0.338 e. The van der Waals surface area contributed by atoms with Crippen LogP contribution in [0.4, 0.5) is 11.4 Å². The van der Waals surface area contributed by atoms with Crippen molar-refractivity contribution in [2.45, 2.75) is 6.42 Å². The van der Waals surface area contributed by atoms with Gasteiger partial charge in [0.15, 0.2) is 6.61 Å². The first-order valence-corrected chi connectivity index (χ1v) is 12.4. The Hall–Kier alpha value is -4.72. The molecule has 3 amide bonds. The van der Waals surface area contributed by atoms with E-state index in [1.165, 1.54) is 17.0 Å². The number of carbonyl (C=O) groups is 4. The van der Waals surface area contributed by atoms with E-state index in [9.17, 15) is 19.2 Å². The number of hydrogen-bond acceptors (Lipinski definition) is 6. The lowest BCUT2D eigenvalue weighted by Crippen LogP contribution is -2.33. The second kappa shape index (κ2) is 9.63. The van der Waals surface area contributed by atoms with Crippen molar-refractivity contribution in [1.29, 1.82) is 0 Å². The van der Waals surface area contributed by atoms with Gasteiger partial charge in [0.25, 0.3) is 5.91 Å². The molecule has 190 valence electrons. The molecular formula is C30H24N2O6. The van der Waals surface area contributed by atoms with Crippen molar-refractivity contribution in [1.82, 2.24) is 0 Å². The van der Waals surface area contributed by atoms with Crippen LogP contribution in [0.3, 0.4) is 0 Å². The van der Waals surface area contributed by atoms with Gasteiger partial charge >= 0.3 is 5.97 Å². The van der Waals surface area contributed by atoms with Gasteiger partial charge in [-0.25, -0.2) is 9.69 Å². The predicted octanol–water partition coefficient (Wildman–Crippen LogP) is 4.59. The highest BCUT2D eigenvalue weighted by Gasteiger charge is 2.59. The minimum absolute atomic E-state index is 0.103. The van der Waals surface area contributed by atoms with Gasteiger partial charge < -0.3 is 14.8 Å². The van der Waals surface area contributed by atoms with Crippen LogP contribution >= 0.6 is 0 Å². The molecule has 0 spiro atoms. The van der Waals surface area contributed by atoms with E-state index in [4.69, 9.17) is 9.47 Å². The molecule has 1 saturated carbocycles. The maximum atomic E-state index is 13.1. The molecule has 3 aromatic carbocycles. The predicted molar refractivity (Wildman–Crippen MR) is 139 cm³/mol. The molecule has 0 unspecified atom stereocenters. The zero-order valence-corrected chi connectivity index (χ0v) is 20.3. The van der Waals surface area contributed by atoms with Crippen LogP contribution in [-0.4, -0.2) is 30.3 Å². The molecule has 3 aliphatic rings. The normalized spacial score (nSPS) is 22.9. The molecule has 4 atom stereocenters. The number of esters is 1. The van der Waals surface area contributed by atoms with Crippen molar-refractivity contribution in [3.63, 3.8) is 0 Å². The number of allylic oxidation sites excluding steroid dienone is 2. The molecule has 2 aliphatic carbocycles. The third kappa shape index (κ3) is 4.34. The number of anilines is 2. The fourth-order valence-corrected chi connectivity index (χ4v) is 5.57. The van der Waals surface area contributed by atoms with Gasteiger partial charge in [-0.05, 0) is 72.9 Å². The molecule has 3 aromatic rings. The maximum Gasteiger partial charge on any atom is 0.338 e. The molecule has 0 radical (unpaired) electrons. The molecule has 1 aliphatic heterocycles. The standard InChI is InChI=1S/C30H24N2O6/c33-25(31-21-11-13-24(14-12-21)38-23-7-2-1-3-8-23)17-37-30(36)20-5-4-6-22(16-20)32-28(34)26-18-9-10-19(15-18)27(26)29(32)35/h1-14,16,18-19,26-27H,15,17H2,(H,31,33)/t18-,19-,26+,27+/m0/s1. The summed E-state index contributed by atoms with van der Waals surface area (Å²) in [5.74, 6) is -0.804. The number of carbonyl (C=O) groups excluding carboxylic acids is 4. The molecule has 1 N–H and O–H groups in total. The maximum absolute atomic E-state index is 13.1. The monoisotopic (exact) mass is 508 g/mol. The fraction of sp³-hybridized carbons (Fsp3) is 0.200. The largest absolute Gasteiger partial charge is 0.457 e. The van der Waals surface area contributed by atoms with Gasteiger partial charge in [-0.15, -0.1) is 0 Å². The summed E-state index contributed by atoms with van der Waals surface area (Å²) in [4.78, 5) is 52.3. The topological polar surface area (TPSA) is 102 Å². The number of imide groups is 1. The fourth-order valence-electron chi connectivity index (χ4n) is 5.57.